The maximum atomic E-state index is 12.4. The quantitative estimate of drug-likeness (QED) is 0.356. The van der Waals surface area contributed by atoms with Crippen LogP contribution in [0.5, 0.6) is 11.5 Å². The Morgan fingerprint density at radius 1 is 1.24 bits per heavy atom. The molecule has 0 aliphatic carbocycles. The second-order valence-electron chi connectivity index (χ2n) is 4.79. The predicted octanol–water partition coefficient (Wildman–Crippen LogP) is 4.08. The van der Waals surface area contributed by atoms with E-state index < -0.39 is 5.97 Å². The van der Waals surface area contributed by atoms with Gasteiger partial charge in [-0.25, -0.2) is 4.79 Å². The fourth-order valence-corrected chi connectivity index (χ4v) is 2.02. The molecule has 2 aromatic carbocycles. The van der Waals surface area contributed by atoms with Crippen LogP contribution in [0.2, 0.25) is 0 Å². The number of benzene rings is 2. The van der Waals surface area contributed by atoms with Crippen molar-refractivity contribution in [2.24, 2.45) is 5.11 Å². The zero-order valence-electron chi connectivity index (χ0n) is 13.6. The minimum absolute atomic E-state index is 0.0173. The zero-order valence-corrected chi connectivity index (χ0v) is 13.6. The molecular weight excluding hydrogens is 322 g/mol. The Bertz CT molecular complexity index is 803. The van der Waals surface area contributed by atoms with Gasteiger partial charge in [0.2, 0.25) is 0 Å². The molecule has 1 N–H and O–H groups in total. The van der Waals surface area contributed by atoms with Gasteiger partial charge >= 0.3 is 5.97 Å². The van der Waals surface area contributed by atoms with Crippen molar-refractivity contribution in [2.75, 3.05) is 11.9 Å². The molecule has 128 valence electrons. The van der Waals surface area contributed by atoms with Gasteiger partial charge in [-0.15, -0.1) is 0 Å². The largest absolute Gasteiger partial charge is 0.706 e. The molecule has 0 saturated carbocycles. The average molecular weight is 338 g/mol. The molecule has 7 nitrogen and oxygen atoms in total. The minimum Gasteiger partial charge on any atom is -0.706 e. The molecule has 7 heteroatoms. The molecule has 0 aromatic heterocycles. The van der Waals surface area contributed by atoms with Crippen LogP contribution in [-0.2, 0) is 4.79 Å². The van der Waals surface area contributed by atoms with Crippen molar-refractivity contribution in [3.05, 3.63) is 66.2 Å². The van der Waals surface area contributed by atoms with Crippen LogP contribution in [0.4, 0.5) is 11.4 Å². The Hall–Kier alpha value is -3.48. The van der Waals surface area contributed by atoms with E-state index in [2.05, 4.69) is 17.0 Å². The van der Waals surface area contributed by atoms with Crippen molar-refractivity contribution in [3.63, 3.8) is 0 Å². The third kappa shape index (κ3) is 4.51. The van der Waals surface area contributed by atoms with Crippen molar-refractivity contribution in [1.29, 1.82) is 0 Å². The number of nitrogens with one attached hydrogen (secondary N) is 1. The monoisotopic (exact) mass is 338 g/mol. The third-order valence-corrected chi connectivity index (χ3v) is 3.13. The maximum absolute atomic E-state index is 12.4. The SMILES string of the molecule is C=CC(=O)Oc1cc(NC(=O)c2ccccc2)c(OCC)cc1N=[N-]. The van der Waals surface area contributed by atoms with Crippen molar-refractivity contribution in [3.8, 4) is 11.5 Å². The van der Waals surface area contributed by atoms with E-state index in [1.54, 1.807) is 37.3 Å². The van der Waals surface area contributed by atoms with Gasteiger partial charge < -0.3 is 25.4 Å². The van der Waals surface area contributed by atoms with Crippen molar-refractivity contribution in [2.45, 2.75) is 6.92 Å². The molecule has 2 rings (SSSR count). The van der Waals surface area contributed by atoms with Crippen LogP contribution in [0.25, 0.3) is 5.53 Å². The first kappa shape index (κ1) is 17.9. The molecule has 0 fully saturated rings. The van der Waals surface area contributed by atoms with Gasteiger partial charge in [-0.2, -0.15) is 0 Å². The summed E-state index contributed by atoms with van der Waals surface area (Å²) < 4.78 is 10.5. The van der Waals surface area contributed by atoms with Gasteiger partial charge in [0.1, 0.15) is 5.75 Å². The Balaban J connectivity index is 2.40. The number of hydrogen-bond donors (Lipinski definition) is 1. The van der Waals surface area contributed by atoms with E-state index in [0.29, 0.717) is 12.2 Å². The first-order chi connectivity index (χ1) is 12.1. The molecule has 0 bridgehead atoms. The Kier molecular flexibility index (Phi) is 6.00. The number of carbonyl (C=O) groups is 2. The lowest BCUT2D eigenvalue weighted by molar-refractivity contribution is -0.128. The summed E-state index contributed by atoms with van der Waals surface area (Å²) in [5, 5.41) is 5.77. The summed E-state index contributed by atoms with van der Waals surface area (Å²) in [6.07, 6.45) is 0.972. The molecule has 1 amide bonds. The van der Waals surface area contributed by atoms with E-state index in [4.69, 9.17) is 15.0 Å². The topological polar surface area (TPSA) is 99.3 Å². The molecule has 0 aliphatic heterocycles. The van der Waals surface area contributed by atoms with E-state index in [9.17, 15) is 9.59 Å². The smallest absolute Gasteiger partial charge is 0.335 e. The summed E-state index contributed by atoms with van der Waals surface area (Å²) in [6.45, 7) is 5.40. The predicted molar refractivity (Wildman–Crippen MR) is 93.3 cm³/mol. The van der Waals surface area contributed by atoms with Crippen molar-refractivity contribution >= 4 is 23.3 Å². The number of anilines is 1. The number of hydrogen-bond acceptors (Lipinski definition) is 5. The lowest BCUT2D eigenvalue weighted by Crippen LogP contribution is -2.13. The van der Waals surface area contributed by atoms with E-state index in [1.807, 2.05) is 0 Å². The van der Waals surface area contributed by atoms with E-state index in [-0.39, 0.29) is 28.8 Å². The van der Waals surface area contributed by atoms with Gasteiger partial charge in [-0.3, -0.25) is 4.79 Å². The van der Waals surface area contributed by atoms with Crippen LogP contribution in [0, 0.1) is 0 Å². The second kappa shape index (κ2) is 8.39. The summed E-state index contributed by atoms with van der Waals surface area (Å²) in [7, 11) is 0. The van der Waals surface area contributed by atoms with Gasteiger partial charge in [0, 0.05) is 23.8 Å². The first-order valence-electron chi connectivity index (χ1n) is 7.45. The van der Waals surface area contributed by atoms with Crippen LogP contribution >= 0.6 is 0 Å². The summed E-state index contributed by atoms with van der Waals surface area (Å²) >= 11 is 0. The highest BCUT2D eigenvalue weighted by Gasteiger charge is 2.15. The molecule has 0 aliphatic rings. The number of ether oxygens (including phenoxy) is 2. The van der Waals surface area contributed by atoms with Gasteiger partial charge in [-0.05, 0) is 19.1 Å². The van der Waals surface area contributed by atoms with Crippen LogP contribution in [-0.4, -0.2) is 18.5 Å². The fraction of sp³-hybridized carbons (Fsp3) is 0.111. The third-order valence-electron chi connectivity index (χ3n) is 3.13. The Morgan fingerprint density at radius 3 is 2.56 bits per heavy atom. The molecule has 0 saturated heterocycles. The van der Waals surface area contributed by atoms with Gasteiger partial charge in [0.15, 0.2) is 5.75 Å². The molecule has 2 aromatic rings. The highest BCUT2D eigenvalue weighted by atomic mass is 16.5. The fourth-order valence-electron chi connectivity index (χ4n) is 2.02. The number of amides is 1. The van der Waals surface area contributed by atoms with E-state index in [0.717, 1.165) is 6.08 Å². The number of nitrogens with zero attached hydrogens (tertiary/aromatic N) is 2. The normalized spacial score (nSPS) is 9.80. The molecule has 0 radical (unpaired) electrons. The molecule has 0 atom stereocenters. The molecular formula is C18H16N3O4-. The minimum atomic E-state index is -0.727. The number of esters is 1. The molecule has 0 heterocycles. The summed E-state index contributed by atoms with van der Waals surface area (Å²) in [5.41, 5.74) is 9.82. The average Bonchev–Trinajstić information content (AvgIpc) is 2.64. The van der Waals surface area contributed by atoms with Crippen LogP contribution in [0.3, 0.4) is 0 Å². The maximum Gasteiger partial charge on any atom is 0.335 e. The van der Waals surface area contributed by atoms with Gasteiger partial charge in [0.05, 0.1) is 18.0 Å². The van der Waals surface area contributed by atoms with Gasteiger partial charge in [0.25, 0.3) is 5.91 Å². The van der Waals surface area contributed by atoms with Crippen LogP contribution < -0.4 is 14.8 Å². The highest BCUT2D eigenvalue weighted by molar-refractivity contribution is 6.05. The van der Waals surface area contributed by atoms with E-state index >= 15 is 0 Å². The lowest BCUT2D eigenvalue weighted by atomic mass is 10.2. The molecule has 0 unspecified atom stereocenters. The summed E-state index contributed by atoms with van der Waals surface area (Å²) in [5.74, 6) is -0.858. The van der Waals surface area contributed by atoms with E-state index in [1.165, 1.54) is 12.1 Å². The summed E-state index contributed by atoms with van der Waals surface area (Å²) in [6, 6.07) is 11.3. The van der Waals surface area contributed by atoms with Gasteiger partial charge in [-0.1, -0.05) is 24.8 Å². The molecule has 0 spiro atoms. The van der Waals surface area contributed by atoms with Crippen LogP contribution in [0.15, 0.2) is 60.2 Å². The van der Waals surface area contributed by atoms with Crippen molar-refractivity contribution < 1.29 is 19.1 Å². The standard InChI is InChI=1S/C18H16N3O4/c1-3-17(22)25-16-10-13(15(24-4-2)11-14(16)21-19)20-18(23)12-8-6-5-7-9-12/h3,5-11H,1,4H2,2H3,(H,20,23)/q-1. The van der Waals surface area contributed by atoms with Crippen LogP contribution in [0.1, 0.15) is 17.3 Å². The zero-order chi connectivity index (χ0) is 18.2. The number of carbonyl (C=O) groups excluding carboxylic acids is 2. The van der Waals surface area contributed by atoms with Crippen molar-refractivity contribution in [1.82, 2.24) is 0 Å². The first-order valence-corrected chi connectivity index (χ1v) is 7.45. The summed E-state index contributed by atoms with van der Waals surface area (Å²) in [4.78, 5) is 23.8. The number of rotatable bonds is 7. The molecule has 25 heavy (non-hydrogen) atoms. The second-order valence-corrected chi connectivity index (χ2v) is 4.79. The Morgan fingerprint density at radius 2 is 1.96 bits per heavy atom. The lowest BCUT2D eigenvalue weighted by Gasteiger charge is -2.16. The Labute approximate surface area is 144 Å². The highest BCUT2D eigenvalue weighted by Crippen LogP contribution is 2.38.